The summed E-state index contributed by atoms with van der Waals surface area (Å²) in [6.45, 7) is 1.50. The zero-order valence-corrected chi connectivity index (χ0v) is 8.88. The molecule has 0 unspecified atom stereocenters. The Morgan fingerprint density at radius 2 is 2.14 bits per heavy atom. The van der Waals surface area contributed by atoms with Gasteiger partial charge in [-0.25, -0.2) is 0 Å². The second kappa shape index (κ2) is 4.81. The summed E-state index contributed by atoms with van der Waals surface area (Å²) in [6, 6.07) is 7.62. The fourth-order valence-corrected chi connectivity index (χ4v) is 1.64. The smallest absolute Gasteiger partial charge is 0.243 e. The van der Waals surface area contributed by atoms with Crippen LogP contribution in [0.1, 0.15) is 12.5 Å². The highest BCUT2D eigenvalue weighted by Gasteiger charge is 2.04. The summed E-state index contributed by atoms with van der Waals surface area (Å²) < 4.78 is 0. The highest BCUT2D eigenvalue weighted by Crippen LogP contribution is 2.22. The summed E-state index contributed by atoms with van der Waals surface area (Å²) >= 11 is 1.58. The molecule has 4 heteroatoms. The molecule has 74 valence electrons. The lowest BCUT2D eigenvalue weighted by molar-refractivity contribution is -0.422. The van der Waals surface area contributed by atoms with Crippen LogP contribution in [0.3, 0.4) is 0 Å². The van der Waals surface area contributed by atoms with E-state index in [0.29, 0.717) is 0 Å². The van der Waals surface area contributed by atoms with Crippen LogP contribution in [0.5, 0.6) is 0 Å². The van der Waals surface area contributed by atoms with E-state index in [9.17, 15) is 10.1 Å². The maximum Gasteiger partial charge on any atom is 0.243 e. The van der Waals surface area contributed by atoms with E-state index >= 15 is 0 Å². The molecule has 0 radical (unpaired) electrons. The minimum absolute atomic E-state index is 0.159. The van der Waals surface area contributed by atoms with Crippen molar-refractivity contribution < 1.29 is 4.92 Å². The van der Waals surface area contributed by atoms with Gasteiger partial charge in [-0.05, 0) is 17.9 Å². The lowest BCUT2D eigenvalue weighted by atomic mass is 10.2. The van der Waals surface area contributed by atoms with E-state index in [1.807, 2.05) is 30.5 Å². The Bertz CT molecular complexity index is 374. The molecule has 1 aromatic rings. The quantitative estimate of drug-likeness (QED) is 0.436. The molecule has 0 saturated heterocycles. The normalized spacial score (nSPS) is 11.4. The topological polar surface area (TPSA) is 43.1 Å². The molecule has 0 aromatic heterocycles. The first kappa shape index (κ1) is 10.8. The second-order valence-corrected chi connectivity index (χ2v) is 3.63. The number of rotatable bonds is 3. The average molecular weight is 209 g/mol. The van der Waals surface area contributed by atoms with Crippen LogP contribution in [0, 0.1) is 10.1 Å². The first-order valence-electron chi connectivity index (χ1n) is 4.11. The van der Waals surface area contributed by atoms with E-state index < -0.39 is 0 Å². The van der Waals surface area contributed by atoms with Gasteiger partial charge in [0.05, 0.1) is 4.92 Å². The Labute approximate surface area is 87.0 Å². The van der Waals surface area contributed by atoms with E-state index in [-0.39, 0.29) is 10.6 Å². The molecule has 0 spiro atoms. The van der Waals surface area contributed by atoms with Crippen LogP contribution in [0.4, 0.5) is 0 Å². The molecular formula is C10H11NO2S. The number of hydrogen-bond acceptors (Lipinski definition) is 3. The highest BCUT2D eigenvalue weighted by atomic mass is 32.2. The molecule has 3 nitrogen and oxygen atoms in total. The first-order chi connectivity index (χ1) is 6.65. The molecule has 0 amide bonds. The summed E-state index contributed by atoms with van der Waals surface area (Å²) in [5.74, 6) is 0. The lowest BCUT2D eigenvalue weighted by Gasteiger charge is -2.00. The Balaban J connectivity index is 3.07. The third-order valence-electron chi connectivity index (χ3n) is 1.79. The summed E-state index contributed by atoms with van der Waals surface area (Å²) in [6.07, 6.45) is 3.54. The molecule has 1 rings (SSSR count). The maximum atomic E-state index is 10.4. The van der Waals surface area contributed by atoms with Crippen molar-refractivity contribution >= 4 is 17.8 Å². The molecule has 0 aliphatic rings. The standard InChI is InChI=1S/C10H11NO2S/c1-8(11(12)13)7-9-5-3-4-6-10(9)14-2/h3-7H,1-2H3/b8-7+. The number of nitrogens with zero attached hydrogens (tertiary/aromatic N) is 1. The van der Waals surface area contributed by atoms with Gasteiger partial charge in [0.25, 0.3) is 0 Å². The molecule has 0 aliphatic carbocycles. The van der Waals surface area contributed by atoms with E-state index in [0.717, 1.165) is 10.5 Å². The number of nitro groups is 1. The van der Waals surface area contributed by atoms with Gasteiger partial charge in [-0.2, -0.15) is 0 Å². The summed E-state index contributed by atoms with van der Waals surface area (Å²) in [7, 11) is 0. The van der Waals surface area contributed by atoms with E-state index in [4.69, 9.17) is 0 Å². The van der Waals surface area contributed by atoms with Gasteiger partial charge < -0.3 is 0 Å². The zero-order valence-electron chi connectivity index (χ0n) is 8.06. The first-order valence-corrected chi connectivity index (χ1v) is 5.33. The van der Waals surface area contributed by atoms with Crippen molar-refractivity contribution in [3.05, 3.63) is 45.6 Å². The van der Waals surface area contributed by atoms with Crippen LogP contribution >= 0.6 is 11.8 Å². The molecule has 0 saturated carbocycles. The zero-order chi connectivity index (χ0) is 10.6. The van der Waals surface area contributed by atoms with Gasteiger partial charge in [-0.15, -0.1) is 11.8 Å². The Morgan fingerprint density at radius 3 is 2.71 bits per heavy atom. The van der Waals surface area contributed by atoms with Crippen LogP contribution < -0.4 is 0 Å². The van der Waals surface area contributed by atoms with E-state index in [2.05, 4.69) is 0 Å². The van der Waals surface area contributed by atoms with Crippen LogP contribution in [-0.4, -0.2) is 11.2 Å². The SMILES string of the molecule is CSc1ccccc1/C=C(\C)[N+](=O)[O-]. The third kappa shape index (κ3) is 2.60. The number of hydrogen-bond donors (Lipinski definition) is 0. The van der Waals surface area contributed by atoms with Gasteiger partial charge in [0, 0.05) is 17.9 Å². The summed E-state index contributed by atoms with van der Waals surface area (Å²) in [4.78, 5) is 11.1. The summed E-state index contributed by atoms with van der Waals surface area (Å²) in [5.41, 5.74) is 1.06. The maximum absolute atomic E-state index is 10.4. The minimum atomic E-state index is -0.378. The van der Waals surface area contributed by atoms with Crippen molar-refractivity contribution in [2.75, 3.05) is 6.26 Å². The number of allylic oxidation sites excluding steroid dienone is 1. The predicted octanol–water partition coefficient (Wildman–Crippen LogP) is 3.05. The minimum Gasteiger partial charge on any atom is -0.259 e. The van der Waals surface area contributed by atoms with E-state index in [1.165, 1.54) is 6.92 Å². The largest absolute Gasteiger partial charge is 0.259 e. The fourth-order valence-electron chi connectivity index (χ4n) is 1.06. The van der Waals surface area contributed by atoms with Gasteiger partial charge in [0.15, 0.2) is 0 Å². The van der Waals surface area contributed by atoms with Crippen molar-refractivity contribution in [3.8, 4) is 0 Å². The van der Waals surface area contributed by atoms with Crippen LogP contribution in [0.25, 0.3) is 6.08 Å². The van der Waals surface area contributed by atoms with Crippen molar-refractivity contribution in [2.45, 2.75) is 11.8 Å². The fraction of sp³-hybridized carbons (Fsp3) is 0.200. The van der Waals surface area contributed by atoms with Crippen molar-refractivity contribution in [1.82, 2.24) is 0 Å². The van der Waals surface area contributed by atoms with Crippen LogP contribution in [0.15, 0.2) is 34.9 Å². The van der Waals surface area contributed by atoms with Gasteiger partial charge in [-0.1, -0.05) is 18.2 Å². The number of thioether (sulfide) groups is 1. The lowest BCUT2D eigenvalue weighted by Crippen LogP contribution is -1.93. The molecule has 0 heterocycles. The predicted molar refractivity (Wildman–Crippen MR) is 58.9 cm³/mol. The summed E-state index contributed by atoms with van der Waals surface area (Å²) in [5, 5.41) is 10.4. The van der Waals surface area contributed by atoms with Crippen molar-refractivity contribution in [1.29, 1.82) is 0 Å². The number of benzene rings is 1. The van der Waals surface area contributed by atoms with Gasteiger partial charge in [-0.3, -0.25) is 10.1 Å². The van der Waals surface area contributed by atoms with Crippen LogP contribution in [-0.2, 0) is 0 Å². The second-order valence-electron chi connectivity index (χ2n) is 2.78. The molecule has 0 atom stereocenters. The highest BCUT2D eigenvalue weighted by molar-refractivity contribution is 7.98. The molecule has 1 aromatic carbocycles. The van der Waals surface area contributed by atoms with Crippen molar-refractivity contribution in [3.63, 3.8) is 0 Å². The Hall–Kier alpha value is -1.29. The average Bonchev–Trinajstić information content (AvgIpc) is 2.18. The molecule has 0 bridgehead atoms. The van der Waals surface area contributed by atoms with Gasteiger partial charge in [0.1, 0.15) is 0 Å². The molecular weight excluding hydrogens is 198 g/mol. The van der Waals surface area contributed by atoms with Crippen LogP contribution in [0.2, 0.25) is 0 Å². The molecule has 0 N–H and O–H groups in total. The van der Waals surface area contributed by atoms with Crippen molar-refractivity contribution in [2.24, 2.45) is 0 Å². The van der Waals surface area contributed by atoms with Gasteiger partial charge >= 0.3 is 0 Å². The Morgan fingerprint density at radius 1 is 1.50 bits per heavy atom. The third-order valence-corrected chi connectivity index (χ3v) is 2.60. The monoisotopic (exact) mass is 209 g/mol. The Kier molecular flexibility index (Phi) is 3.71. The molecule has 14 heavy (non-hydrogen) atoms. The van der Waals surface area contributed by atoms with Gasteiger partial charge in [0.2, 0.25) is 5.70 Å². The molecule has 0 fully saturated rings. The van der Waals surface area contributed by atoms with E-state index in [1.54, 1.807) is 17.8 Å². The molecule has 0 aliphatic heterocycles.